The van der Waals surface area contributed by atoms with Gasteiger partial charge in [-0.1, -0.05) is 6.07 Å². The van der Waals surface area contributed by atoms with Crippen molar-refractivity contribution < 1.29 is 9.18 Å². The van der Waals surface area contributed by atoms with Crippen LogP contribution in [0.25, 0.3) is 22.3 Å². The maximum atomic E-state index is 13.6. The molecular formula is C24H24FN5O. The van der Waals surface area contributed by atoms with Crippen LogP contribution in [0.4, 0.5) is 4.39 Å². The molecule has 0 radical (unpaired) electrons. The van der Waals surface area contributed by atoms with E-state index in [1.54, 1.807) is 18.3 Å². The highest BCUT2D eigenvalue weighted by Crippen LogP contribution is 2.35. The van der Waals surface area contributed by atoms with Crippen molar-refractivity contribution >= 4 is 16.9 Å². The fourth-order valence-electron chi connectivity index (χ4n) is 4.71. The SMILES string of the molecule is CC1(C)CC(Cn2ccc3nc(-c4cn[nH]c4)ccc32)CN1C(=O)c1cccc(F)c1. The molecule has 3 aromatic heterocycles. The number of fused-ring (bicyclic) bond motifs is 1. The third-order valence-corrected chi connectivity index (χ3v) is 6.15. The Morgan fingerprint density at radius 1 is 1.26 bits per heavy atom. The number of carbonyl (C=O) groups is 1. The molecule has 1 N–H and O–H groups in total. The van der Waals surface area contributed by atoms with E-state index >= 15 is 0 Å². The standard InChI is InChI=1S/C24H24FN5O/c1-24(2)11-16(15-30(24)23(31)17-4-3-5-19(25)10-17)14-29-9-8-21-22(29)7-6-20(28-21)18-12-26-27-13-18/h3-10,12-13,16H,11,14-15H2,1-2H3,(H,26,27). The monoisotopic (exact) mass is 417 g/mol. The fourth-order valence-corrected chi connectivity index (χ4v) is 4.71. The summed E-state index contributed by atoms with van der Waals surface area (Å²) in [7, 11) is 0. The van der Waals surface area contributed by atoms with Gasteiger partial charge in [0.05, 0.1) is 22.9 Å². The molecule has 1 unspecified atom stereocenters. The number of halogens is 1. The second-order valence-electron chi connectivity index (χ2n) is 8.86. The van der Waals surface area contributed by atoms with Crippen LogP contribution in [0.1, 0.15) is 30.6 Å². The zero-order chi connectivity index (χ0) is 21.6. The molecule has 6 nitrogen and oxygen atoms in total. The fraction of sp³-hybridized carbons (Fsp3) is 0.292. The number of rotatable bonds is 4. The Balaban J connectivity index is 1.36. The maximum Gasteiger partial charge on any atom is 0.254 e. The van der Waals surface area contributed by atoms with E-state index in [0.29, 0.717) is 18.0 Å². The van der Waals surface area contributed by atoms with Crippen molar-refractivity contribution in [1.29, 1.82) is 0 Å². The normalized spacial score (nSPS) is 18.0. The second-order valence-corrected chi connectivity index (χ2v) is 8.86. The first-order valence-corrected chi connectivity index (χ1v) is 10.4. The van der Waals surface area contributed by atoms with Crippen LogP contribution in [0.2, 0.25) is 0 Å². The van der Waals surface area contributed by atoms with E-state index in [0.717, 1.165) is 35.3 Å². The predicted octanol–water partition coefficient (Wildman–Crippen LogP) is 4.51. The Bertz CT molecular complexity index is 1240. The van der Waals surface area contributed by atoms with Gasteiger partial charge >= 0.3 is 0 Å². The molecule has 4 aromatic rings. The number of hydrogen-bond donors (Lipinski definition) is 1. The molecule has 31 heavy (non-hydrogen) atoms. The summed E-state index contributed by atoms with van der Waals surface area (Å²) in [5.74, 6) is -0.201. The number of benzene rings is 1. The third-order valence-electron chi connectivity index (χ3n) is 6.15. The Hall–Kier alpha value is -3.48. The summed E-state index contributed by atoms with van der Waals surface area (Å²) in [5.41, 5.74) is 3.95. The first-order valence-electron chi connectivity index (χ1n) is 10.4. The van der Waals surface area contributed by atoms with Crippen LogP contribution in [0.5, 0.6) is 0 Å². The summed E-state index contributed by atoms with van der Waals surface area (Å²) in [6.07, 6.45) is 6.53. The van der Waals surface area contributed by atoms with Gasteiger partial charge in [-0.15, -0.1) is 0 Å². The van der Waals surface area contributed by atoms with Gasteiger partial charge in [-0.25, -0.2) is 9.37 Å². The summed E-state index contributed by atoms with van der Waals surface area (Å²) in [6.45, 7) is 5.60. The molecule has 0 saturated carbocycles. The zero-order valence-electron chi connectivity index (χ0n) is 17.5. The number of aromatic amines is 1. The van der Waals surface area contributed by atoms with E-state index < -0.39 is 0 Å². The number of pyridine rings is 1. The molecule has 4 heterocycles. The minimum Gasteiger partial charge on any atom is -0.346 e. The molecule has 1 atom stereocenters. The van der Waals surface area contributed by atoms with Crippen molar-refractivity contribution in [3.05, 3.63) is 72.4 Å². The van der Waals surface area contributed by atoms with Crippen LogP contribution in [-0.2, 0) is 6.54 Å². The van der Waals surface area contributed by atoms with Gasteiger partial charge in [-0.05, 0) is 62.6 Å². The lowest BCUT2D eigenvalue weighted by atomic mass is 9.96. The topological polar surface area (TPSA) is 66.8 Å². The number of aromatic nitrogens is 4. The highest BCUT2D eigenvalue weighted by atomic mass is 19.1. The summed E-state index contributed by atoms with van der Waals surface area (Å²) >= 11 is 0. The maximum absolute atomic E-state index is 13.6. The quantitative estimate of drug-likeness (QED) is 0.531. The molecule has 0 bridgehead atoms. The van der Waals surface area contributed by atoms with Crippen LogP contribution < -0.4 is 0 Å². The van der Waals surface area contributed by atoms with Gasteiger partial charge in [0.25, 0.3) is 5.91 Å². The zero-order valence-corrected chi connectivity index (χ0v) is 17.5. The van der Waals surface area contributed by atoms with Gasteiger partial charge in [0, 0.05) is 42.1 Å². The van der Waals surface area contributed by atoms with E-state index in [1.165, 1.54) is 12.1 Å². The lowest BCUT2D eigenvalue weighted by Crippen LogP contribution is -2.42. The average Bonchev–Trinajstić information content (AvgIpc) is 3.47. The lowest BCUT2D eigenvalue weighted by molar-refractivity contribution is 0.0649. The van der Waals surface area contributed by atoms with Crippen LogP contribution >= 0.6 is 0 Å². The van der Waals surface area contributed by atoms with E-state index in [4.69, 9.17) is 4.98 Å². The Kier molecular flexibility index (Phi) is 4.61. The first-order chi connectivity index (χ1) is 14.9. The number of nitrogens with one attached hydrogen (secondary N) is 1. The van der Waals surface area contributed by atoms with Gasteiger partial charge in [0.15, 0.2) is 0 Å². The summed E-state index contributed by atoms with van der Waals surface area (Å²) in [5, 5.41) is 6.81. The van der Waals surface area contributed by atoms with Crippen molar-refractivity contribution in [3.63, 3.8) is 0 Å². The molecule has 1 aliphatic heterocycles. The van der Waals surface area contributed by atoms with E-state index in [1.807, 2.05) is 23.2 Å². The molecule has 7 heteroatoms. The van der Waals surface area contributed by atoms with Crippen molar-refractivity contribution in [2.45, 2.75) is 32.4 Å². The molecule has 1 amide bonds. The second kappa shape index (κ2) is 7.34. The van der Waals surface area contributed by atoms with Gasteiger partial charge in [-0.3, -0.25) is 9.89 Å². The van der Waals surface area contributed by atoms with Crippen LogP contribution in [-0.4, -0.2) is 42.6 Å². The van der Waals surface area contributed by atoms with Crippen LogP contribution in [0, 0.1) is 11.7 Å². The molecule has 0 spiro atoms. The summed E-state index contributed by atoms with van der Waals surface area (Å²) in [6, 6.07) is 12.0. The molecule has 1 aromatic carbocycles. The first kappa shape index (κ1) is 19.5. The number of amides is 1. The van der Waals surface area contributed by atoms with Crippen molar-refractivity contribution in [2.24, 2.45) is 5.92 Å². The average molecular weight is 417 g/mol. The summed E-state index contributed by atoms with van der Waals surface area (Å²) in [4.78, 5) is 19.7. The van der Waals surface area contributed by atoms with Gasteiger partial charge in [0.2, 0.25) is 0 Å². The van der Waals surface area contributed by atoms with Crippen LogP contribution in [0.3, 0.4) is 0 Å². The predicted molar refractivity (Wildman–Crippen MR) is 117 cm³/mol. The van der Waals surface area contributed by atoms with Crippen molar-refractivity contribution in [3.8, 4) is 11.3 Å². The number of nitrogens with zero attached hydrogens (tertiary/aromatic N) is 4. The molecule has 1 aliphatic rings. The Morgan fingerprint density at radius 2 is 2.13 bits per heavy atom. The van der Waals surface area contributed by atoms with E-state index in [9.17, 15) is 9.18 Å². The molecule has 158 valence electrons. The summed E-state index contributed by atoms with van der Waals surface area (Å²) < 4.78 is 15.8. The van der Waals surface area contributed by atoms with Crippen molar-refractivity contribution in [2.75, 3.05) is 6.54 Å². The molecule has 0 aliphatic carbocycles. The largest absolute Gasteiger partial charge is 0.346 e. The molecule has 5 rings (SSSR count). The minimum atomic E-state index is -0.388. The number of H-pyrrole nitrogens is 1. The number of likely N-dealkylation sites (tertiary alicyclic amines) is 1. The molecular weight excluding hydrogens is 393 g/mol. The lowest BCUT2D eigenvalue weighted by Gasteiger charge is -2.31. The molecule has 1 saturated heterocycles. The smallest absolute Gasteiger partial charge is 0.254 e. The van der Waals surface area contributed by atoms with Gasteiger partial charge < -0.3 is 9.47 Å². The van der Waals surface area contributed by atoms with Gasteiger partial charge in [0.1, 0.15) is 5.82 Å². The highest BCUT2D eigenvalue weighted by molar-refractivity contribution is 5.95. The Labute approximate surface area is 179 Å². The Morgan fingerprint density at radius 3 is 2.90 bits per heavy atom. The van der Waals surface area contributed by atoms with Crippen molar-refractivity contribution in [1.82, 2.24) is 24.6 Å². The minimum absolute atomic E-state index is 0.115. The van der Waals surface area contributed by atoms with Gasteiger partial charge in [-0.2, -0.15) is 5.10 Å². The molecule has 1 fully saturated rings. The highest BCUT2D eigenvalue weighted by Gasteiger charge is 2.41. The van der Waals surface area contributed by atoms with E-state index in [2.05, 4.69) is 40.9 Å². The van der Waals surface area contributed by atoms with Crippen LogP contribution in [0.15, 0.2) is 61.1 Å². The number of hydrogen-bond acceptors (Lipinski definition) is 3. The van der Waals surface area contributed by atoms with E-state index in [-0.39, 0.29) is 17.3 Å². The number of carbonyl (C=O) groups excluding carboxylic acids is 1. The third kappa shape index (κ3) is 3.60.